The maximum Gasteiger partial charge on any atom is 0.117 e. The van der Waals surface area contributed by atoms with Crippen molar-refractivity contribution in [3.63, 3.8) is 0 Å². The third kappa shape index (κ3) is 2.05. The van der Waals surface area contributed by atoms with Crippen molar-refractivity contribution in [2.75, 3.05) is 0 Å². The molecule has 0 aromatic rings. The average Bonchev–Trinajstić information content (AvgIpc) is 2.67. The van der Waals surface area contributed by atoms with Gasteiger partial charge in [0.1, 0.15) is 5.54 Å². The topological polar surface area (TPSA) is 52.9 Å². The van der Waals surface area contributed by atoms with Crippen LogP contribution in [-0.4, -0.2) is 14.5 Å². The van der Waals surface area contributed by atoms with Gasteiger partial charge in [0.15, 0.2) is 0 Å². The molecule has 68 valence electrons. The van der Waals surface area contributed by atoms with E-state index in [1.54, 1.807) is 0 Å². The number of nitrogens with zero attached hydrogens (tertiary/aromatic N) is 1. The van der Waals surface area contributed by atoms with Crippen LogP contribution in [0.2, 0.25) is 0 Å². The second kappa shape index (κ2) is 2.82. The van der Waals surface area contributed by atoms with Gasteiger partial charge in [-0.3, -0.25) is 0 Å². The summed E-state index contributed by atoms with van der Waals surface area (Å²) in [7, 11) is -1.12. The molecule has 1 unspecified atom stereocenters. The first-order chi connectivity index (χ1) is 5.40. The van der Waals surface area contributed by atoms with Gasteiger partial charge in [-0.1, -0.05) is 0 Å². The lowest BCUT2D eigenvalue weighted by Gasteiger charge is -2.20. The zero-order chi connectivity index (χ0) is 9.41. The van der Waals surface area contributed by atoms with E-state index in [-0.39, 0.29) is 4.75 Å². The van der Waals surface area contributed by atoms with E-state index in [0.717, 1.165) is 12.8 Å². The van der Waals surface area contributed by atoms with Gasteiger partial charge in [-0.15, -0.1) is 0 Å². The Labute approximate surface area is 75.7 Å². The second-order valence-electron chi connectivity index (χ2n) is 4.18. The minimum atomic E-state index is -1.12. The van der Waals surface area contributed by atoms with Crippen molar-refractivity contribution in [3.8, 4) is 6.07 Å². The van der Waals surface area contributed by atoms with Gasteiger partial charge in [0.25, 0.3) is 0 Å². The largest absolute Gasteiger partial charge is 0.242 e. The molecule has 1 rings (SSSR count). The Morgan fingerprint density at radius 2 is 2.00 bits per heavy atom. The predicted octanol–water partition coefficient (Wildman–Crippen LogP) is 1.09. The molecular formula is C8H14N2OS. The normalized spacial score (nSPS) is 22.8. The molecule has 0 aliphatic heterocycles. The Morgan fingerprint density at radius 1 is 1.50 bits per heavy atom. The first kappa shape index (κ1) is 9.69. The number of hydrogen-bond donors (Lipinski definition) is 1. The fourth-order valence-corrected chi connectivity index (χ4v) is 1.60. The van der Waals surface area contributed by atoms with Crippen molar-refractivity contribution in [2.45, 2.75) is 43.9 Å². The summed E-state index contributed by atoms with van der Waals surface area (Å²) in [6.07, 6.45) is 1.65. The fourth-order valence-electron chi connectivity index (χ4n) is 0.692. The number of rotatable bonds is 2. The molecule has 0 heterocycles. The Morgan fingerprint density at radius 3 is 2.25 bits per heavy atom. The van der Waals surface area contributed by atoms with Crippen molar-refractivity contribution in [3.05, 3.63) is 0 Å². The molecule has 0 aromatic carbocycles. The van der Waals surface area contributed by atoms with Gasteiger partial charge in [0.05, 0.1) is 21.8 Å². The van der Waals surface area contributed by atoms with Crippen LogP contribution in [0.3, 0.4) is 0 Å². The van der Waals surface area contributed by atoms with Crippen LogP contribution >= 0.6 is 0 Å². The Hall–Kier alpha value is -0.400. The lowest BCUT2D eigenvalue weighted by atomic mass is 10.3. The molecule has 4 heteroatoms. The molecule has 1 N–H and O–H groups in total. The van der Waals surface area contributed by atoms with Crippen molar-refractivity contribution in [1.82, 2.24) is 4.72 Å². The monoisotopic (exact) mass is 186 g/mol. The maximum absolute atomic E-state index is 11.5. The van der Waals surface area contributed by atoms with E-state index < -0.39 is 16.5 Å². The van der Waals surface area contributed by atoms with Gasteiger partial charge in [0.2, 0.25) is 0 Å². The highest BCUT2D eigenvalue weighted by Gasteiger charge is 2.45. The maximum atomic E-state index is 11.5. The number of hydrogen-bond acceptors (Lipinski definition) is 2. The van der Waals surface area contributed by atoms with Crippen LogP contribution in [0.15, 0.2) is 0 Å². The van der Waals surface area contributed by atoms with Crippen LogP contribution in [0.4, 0.5) is 0 Å². The van der Waals surface area contributed by atoms with Crippen LogP contribution in [0.5, 0.6) is 0 Å². The molecule has 1 aliphatic rings. The minimum absolute atomic E-state index is 0.285. The molecule has 1 fully saturated rings. The highest BCUT2D eigenvalue weighted by molar-refractivity contribution is 7.84. The lowest BCUT2D eigenvalue weighted by molar-refractivity contribution is 0.622. The van der Waals surface area contributed by atoms with Gasteiger partial charge in [-0.05, 0) is 33.6 Å². The van der Waals surface area contributed by atoms with Gasteiger partial charge >= 0.3 is 0 Å². The molecule has 0 aromatic heterocycles. The molecule has 1 aliphatic carbocycles. The van der Waals surface area contributed by atoms with E-state index >= 15 is 0 Å². The molecule has 3 nitrogen and oxygen atoms in total. The van der Waals surface area contributed by atoms with Gasteiger partial charge in [-0.2, -0.15) is 5.26 Å². The van der Waals surface area contributed by atoms with E-state index in [9.17, 15) is 4.21 Å². The Kier molecular flexibility index (Phi) is 2.28. The van der Waals surface area contributed by atoms with Gasteiger partial charge < -0.3 is 0 Å². The lowest BCUT2D eigenvalue weighted by Crippen LogP contribution is -2.40. The molecule has 0 bridgehead atoms. The zero-order valence-electron chi connectivity index (χ0n) is 7.68. The highest BCUT2D eigenvalue weighted by Crippen LogP contribution is 2.35. The predicted molar refractivity (Wildman–Crippen MR) is 48.6 cm³/mol. The van der Waals surface area contributed by atoms with E-state index in [4.69, 9.17) is 5.26 Å². The molecule has 1 saturated carbocycles. The summed E-state index contributed by atoms with van der Waals surface area (Å²) in [5, 5.41) is 8.72. The smallest absolute Gasteiger partial charge is 0.117 e. The third-order valence-electron chi connectivity index (χ3n) is 1.81. The van der Waals surface area contributed by atoms with Crippen LogP contribution in [-0.2, 0) is 11.0 Å². The van der Waals surface area contributed by atoms with Crippen molar-refractivity contribution < 1.29 is 4.21 Å². The van der Waals surface area contributed by atoms with Crippen LogP contribution in [0.1, 0.15) is 33.6 Å². The summed E-state index contributed by atoms with van der Waals surface area (Å²) >= 11 is 0. The molecule has 0 spiro atoms. The first-order valence-corrected chi connectivity index (χ1v) is 5.16. The zero-order valence-corrected chi connectivity index (χ0v) is 8.49. The number of nitrogens with one attached hydrogen (secondary N) is 1. The fraction of sp³-hybridized carbons (Fsp3) is 0.875. The molecule has 0 saturated heterocycles. The molecule has 0 amide bonds. The van der Waals surface area contributed by atoms with E-state index in [1.807, 2.05) is 20.8 Å². The van der Waals surface area contributed by atoms with Crippen molar-refractivity contribution >= 4 is 11.0 Å². The average molecular weight is 186 g/mol. The standard InChI is InChI=1S/C8H14N2OS/c1-7(2,3)12(11)10-8(6-9)4-5-8/h10H,4-5H2,1-3H3. The number of nitriles is 1. The second-order valence-corrected chi connectivity index (χ2v) is 6.14. The minimum Gasteiger partial charge on any atom is -0.242 e. The highest BCUT2D eigenvalue weighted by atomic mass is 32.2. The van der Waals surface area contributed by atoms with E-state index in [0.29, 0.717) is 0 Å². The summed E-state index contributed by atoms with van der Waals surface area (Å²) in [6.45, 7) is 5.68. The summed E-state index contributed by atoms with van der Waals surface area (Å²) in [4.78, 5) is 0. The SMILES string of the molecule is CC(C)(C)S(=O)NC1(C#N)CC1. The quantitative estimate of drug-likeness (QED) is 0.702. The molecule has 12 heavy (non-hydrogen) atoms. The third-order valence-corrected chi connectivity index (χ3v) is 3.50. The first-order valence-electron chi connectivity index (χ1n) is 4.01. The Balaban J connectivity index is 2.54. The summed E-state index contributed by atoms with van der Waals surface area (Å²) in [5.41, 5.74) is -0.474. The molecule has 0 radical (unpaired) electrons. The molecule has 1 atom stereocenters. The Bertz CT molecular complexity index is 245. The van der Waals surface area contributed by atoms with E-state index in [2.05, 4.69) is 10.8 Å². The molecular weight excluding hydrogens is 172 g/mol. The van der Waals surface area contributed by atoms with Gasteiger partial charge in [0, 0.05) is 0 Å². The van der Waals surface area contributed by atoms with Crippen LogP contribution in [0.25, 0.3) is 0 Å². The van der Waals surface area contributed by atoms with Gasteiger partial charge in [-0.25, -0.2) is 8.93 Å². The van der Waals surface area contributed by atoms with Crippen LogP contribution in [0, 0.1) is 11.3 Å². The summed E-state index contributed by atoms with van der Waals surface area (Å²) < 4.78 is 14.1. The van der Waals surface area contributed by atoms with Crippen molar-refractivity contribution in [2.24, 2.45) is 0 Å². The van der Waals surface area contributed by atoms with E-state index in [1.165, 1.54) is 0 Å². The summed E-state index contributed by atoms with van der Waals surface area (Å²) in [5.74, 6) is 0. The van der Waals surface area contributed by atoms with Crippen molar-refractivity contribution in [1.29, 1.82) is 5.26 Å². The van der Waals surface area contributed by atoms with Crippen LogP contribution < -0.4 is 4.72 Å². The summed E-state index contributed by atoms with van der Waals surface area (Å²) in [6, 6.07) is 2.15.